The summed E-state index contributed by atoms with van der Waals surface area (Å²) < 4.78 is 10.6. The van der Waals surface area contributed by atoms with Crippen LogP contribution in [-0.4, -0.2) is 36.0 Å². The van der Waals surface area contributed by atoms with Crippen molar-refractivity contribution in [1.82, 2.24) is 0 Å². The molecule has 10 heteroatoms. The Hall–Kier alpha value is -4.86. The lowest BCUT2D eigenvalue weighted by Gasteiger charge is -2.25. The van der Waals surface area contributed by atoms with E-state index in [2.05, 4.69) is 0 Å². The predicted octanol–water partition coefficient (Wildman–Crippen LogP) is 4.06. The van der Waals surface area contributed by atoms with E-state index in [1.165, 1.54) is 4.90 Å². The van der Waals surface area contributed by atoms with E-state index >= 15 is 0 Å². The number of hydrogen-bond donors (Lipinski definition) is 3. The summed E-state index contributed by atoms with van der Waals surface area (Å²) in [7, 11) is 0. The van der Waals surface area contributed by atoms with Crippen molar-refractivity contribution in [3.63, 3.8) is 0 Å². The van der Waals surface area contributed by atoms with Crippen molar-refractivity contribution in [2.45, 2.75) is 39.9 Å². The van der Waals surface area contributed by atoms with Crippen molar-refractivity contribution >= 4 is 46.5 Å². The maximum absolute atomic E-state index is 14.2. The fraction of sp³-hybridized carbons (Fsp3) is 0.214. The molecular weight excluding hydrogens is 488 g/mol. The Morgan fingerprint density at radius 2 is 1.08 bits per heavy atom. The second kappa shape index (κ2) is 11.5. The Morgan fingerprint density at radius 3 is 1.47 bits per heavy atom. The van der Waals surface area contributed by atoms with E-state index in [0.29, 0.717) is 22.7 Å². The highest BCUT2D eigenvalue weighted by atomic mass is 16.5. The molecule has 0 unspecified atom stereocenters. The smallest absolute Gasteiger partial charge is 0.339 e. The summed E-state index contributed by atoms with van der Waals surface area (Å²) in [5.74, 6) is -3.46. The summed E-state index contributed by atoms with van der Waals surface area (Å²) >= 11 is 0. The van der Waals surface area contributed by atoms with Crippen LogP contribution in [0, 0.1) is 0 Å². The van der Waals surface area contributed by atoms with Crippen LogP contribution in [-0.2, 0) is 9.47 Å². The summed E-state index contributed by atoms with van der Waals surface area (Å²) in [6.07, 6.45) is -1.06. The number of rotatable bonds is 8. The van der Waals surface area contributed by atoms with Gasteiger partial charge in [-0.05, 0) is 76.2 Å². The van der Waals surface area contributed by atoms with Crippen molar-refractivity contribution in [3.8, 4) is 0 Å². The van der Waals surface area contributed by atoms with E-state index in [4.69, 9.17) is 26.7 Å². The molecule has 2 amide bonds. The molecule has 0 spiro atoms. The molecule has 0 atom stereocenters. The van der Waals surface area contributed by atoms with E-state index in [1.807, 2.05) is 0 Å². The number of amides is 2. The minimum absolute atomic E-state index is 0.221. The molecule has 0 fully saturated rings. The number of hydrogen-bond acceptors (Lipinski definition) is 8. The minimum atomic E-state index is -0.984. The van der Waals surface area contributed by atoms with Crippen molar-refractivity contribution < 1.29 is 28.7 Å². The average molecular weight is 519 g/mol. The number of benzene rings is 3. The van der Waals surface area contributed by atoms with E-state index in [9.17, 15) is 19.2 Å². The highest BCUT2D eigenvalue weighted by molar-refractivity contribution is 6.18. The van der Waals surface area contributed by atoms with Gasteiger partial charge in [0.25, 0.3) is 5.91 Å². The lowest BCUT2D eigenvalue weighted by Crippen LogP contribution is -2.30. The van der Waals surface area contributed by atoms with Gasteiger partial charge in [0.15, 0.2) is 0 Å². The lowest BCUT2D eigenvalue weighted by molar-refractivity contribution is 0.0359. The van der Waals surface area contributed by atoms with Crippen LogP contribution in [0.4, 0.5) is 22.7 Å². The van der Waals surface area contributed by atoms with Crippen molar-refractivity contribution in [2.75, 3.05) is 16.4 Å². The van der Waals surface area contributed by atoms with Crippen LogP contribution in [0.5, 0.6) is 0 Å². The van der Waals surface area contributed by atoms with Gasteiger partial charge in [-0.2, -0.15) is 0 Å². The number of ether oxygens (including phenoxy) is 2. The molecule has 3 aromatic rings. The molecule has 10 nitrogen and oxygen atoms in total. The molecule has 0 aliphatic carbocycles. The molecule has 0 radical (unpaired) electrons. The van der Waals surface area contributed by atoms with Crippen molar-refractivity contribution in [3.05, 3.63) is 82.9 Å². The number of nitrogens with zero attached hydrogens (tertiary/aromatic N) is 1. The quantitative estimate of drug-likeness (QED) is 0.296. The van der Waals surface area contributed by atoms with Crippen molar-refractivity contribution in [2.24, 2.45) is 5.73 Å². The number of carbonyl (C=O) groups excluding carboxylic acids is 4. The van der Waals surface area contributed by atoms with Gasteiger partial charge in [-0.15, -0.1) is 0 Å². The van der Waals surface area contributed by atoms with E-state index < -0.39 is 36.0 Å². The van der Waals surface area contributed by atoms with Crippen LogP contribution in [0.3, 0.4) is 0 Å². The Labute approximate surface area is 220 Å². The zero-order valence-electron chi connectivity index (χ0n) is 21.6. The molecule has 3 rings (SSSR count). The monoisotopic (exact) mass is 518 g/mol. The molecule has 0 saturated heterocycles. The van der Waals surface area contributed by atoms with Gasteiger partial charge in [-0.25, -0.2) is 9.59 Å². The molecule has 6 N–H and O–H groups in total. The lowest BCUT2D eigenvalue weighted by atomic mass is 9.96. The summed E-state index contributed by atoms with van der Waals surface area (Å²) in [5, 5.41) is 0. The third kappa shape index (κ3) is 6.28. The largest absolute Gasteiger partial charge is 0.459 e. The van der Waals surface area contributed by atoms with Crippen LogP contribution in [0.25, 0.3) is 0 Å². The summed E-state index contributed by atoms with van der Waals surface area (Å²) in [6, 6.07) is 15.3. The maximum Gasteiger partial charge on any atom is 0.339 e. The van der Waals surface area contributed by atoms with Crippen molar-refractivity contribution in [1.29, 1.82) is 0 Å². The van der Waals surface area contributed by atoms with Gasteiger partial charge in [0.1, 0.15) is 0 Å². The first-order valence-corrected chi connectivity index (χ1v) is 11.8. The van der Waals surface area contributed by atoms with Gasteiger partial charge < -0.3 is 26.7 Å². The number of esters is 2. The maximum atomic E-state index is 14.2. The highest BCUT2D eigenvalue weighted by Gasteiger charge is 2.31. The van der Waals surface area contributed by atoms with Crippen LogP contribution < -0.4 is 22.1 Å². The number of nitrogens with two attached hydrogens (primary N) is 3. The Morgan fingerprint density at radius 1 is 0.658 bits per heavy atom. The Balaban J connectivity index is 2.33. The van der Waals surface area contributed by atoms with Gasteiger partial charge in [0, 0.05) is 11.4 Å². The topological polar surface area (TPSA) is 168 Å². The normalized spacial score (nSPS) is 10.8. The van der Waals surface area contributed by atoms with Crippen LogP contribution in [0.2, 0.25) is 0 Å². The molecule has 3 aromatic carbocycles. The molecule has 0 aliphatic heterocycles. The molecule has 198 valence electrons. The standard InChI is InChI=1S/C28H30N4O6/c1-15(2)37-27(35)23-14-22(24(13-21(23)25(31)33)28(36)38-16(3)4)26(34)32(19-9-5-7-17(29)11-19)20-10-6-8-18(30)12-20/h5-16H,29-30H2,1-4H3,(H2,31,33). The highest BCUT2D eigenvalue weighted by Crippen LogP contribution is 2.32. The number of anilines is 4. The Kier molecular flexibility index (Phi) is 8.36. The van der Waals surface area contributed by atoms with Gasteiger partial charge >= 0.3 is 11.9 Å². The fourth-order valence-electron chi connectivity index (χ4n) is 3.71. The molecule has 0 heterocycles. The van der Waals surface area contributed by atoms with Gasteiger partial charge in [-0.3, -0.25) is 14.5 Å². The summed E-state index contributed by atoms with van der Waals surface area (Å²) in [4.78, 5) is 53.8. The van der Waals surface area contributed by atoms with Gasteiger partial charge in [0.05, 0.1) is 45.8 Å². The first-order valence-electron chi connectivity index (χ1n) is 11.8. The number of carbonyl (C=O) groups is 4. The third-order valence-corrected chi connectivity index (χ3v) is 5.24. The van der Waals surface area contributed by atoms with Crippen LogP contribution >= 0.6 is 0 Å². The summed E-state index contributed by atoms with van der Waals surface area (Å²) in [5.41, 5.74) is 18.0. The molecule has 0 aliphatic rings. The van der Waals surface area contributed by atoms with Crippen LogP contribution in [0.15, 0.2) is 60.7 Å². The van der Waals surface area contributed by atoms with Gasteiger partial charge in [0.2, 0.25) is 5.91 Å². The predicted molar refractivity (Wildman–Crippen MR) is 144 cm³/mol. The third-order valence-electron chi connectivity index (χ3n) is 5.24. The SMILES string of the molecule is CC(C)OC(=O)c1cc(C(=O)N(c2cccc(N)c2)c2cccc(N)c2)c(C(=O)OC(C)C)cc1C(N)=O. The number of primary amides is 1. The first-order chi connectivity index (χ1) is 17.9. The molecule has 0 bridgehead atoms. The second-order valence-electron chi connectivity index (χ2n) is 9.05. The van der Waals surface area contributed by atoms with E-state index in [0.717, 1.165) is 12.1 Å². The molecule has 38 heavy (non-hydrogen) atoms. The van der Waals surface area contributed by atoms with Crippen LogP contribution in [0.1, 0.15) is 69.1 Å². The second-order valence-corrected chi connectivity index (χ2v) is 9.05. The van der Waals surface area contributed by atoms with Gasteiger partial charge in [-0.1, -0.05) is 12.1 Å². The fourth-order valence-corrected chi connectivity index (χ4v) is 3.71. The minimum Gasteiger partial charge on any atom is -0.459 e. The van der Waals surface area contributed by atoms with E-state index in [-0.39, 0.29) is 22.3 Å². The molecular formula is C28H30N4O6. The zero-order valence-corrected chi connectivity index (χ0v) is 21.6. The Bertz CT molecular complexity index is 1350. The first kappa shape index (κ1) is 27.7. The zero-order chi connectivity index (χ0) is 28.1. The van der Waals surface area contributed by atoms with E-state index in [1.54, 1.807) is 76.2 Å². The summed E-state index contributed by atoms with van der Waals surface area (Å²) in [6.45, 7) is 6.52. The molecule has 0 aromatic heterocycles. The molecule has 0 saturated carbocycles. The average Bonchev–Trinajstić information content (AvgIpc) is 2.82. The number of nitrogen functional groups attached to an aromatic ring is 2.